The average molecular weight is 248 g/mol. The van der Waals surface area contributed by atoms with Gasteiger partial charge >= 0.3 is 6.03 Å². The molecule has 2 N–H and O–H groups in total. The van der Waals surface area contributed by atoms with Crippen LogP contribution in [0.15, 0.2) is 24.3 Å². The van der Waals surface area contributed by atoms with E-state index >= 15 is 0 Å². The Morgan fingerprint density at radius 1 is 1.44 bits per heavy atom. The summed E-state index contributed by atoms with van der Waals surface area (Å²) in [6.07, 6.45) is 2.93. The Balaban J connectivity index is 1.93. The molecule has 1 saturated heterocycles. The lowest BCUT2D eigenvalue weighted by Crippen LogP contribution is -2.38. The van der Waals surface area contributed by atoms with Crippen molar-refractivity contribution in [2.75, 3.05) is 18.5 Å². The van der Waals surface area contributed by atoms with Crippen molar-refractivity contribution >= 4 is 11.7 Å². The first-order chi connectivity index (χ1) is 8.79. The van der Waals surface area contributed by atoms with Crippen LogP contribution in [0.5, 0.6) is 0 Å². The highest BCUT2D eigenvalue weighted by molar-refractivity contribution is 5.90. The van der Waals surface area contributed by atoms with E-state index in [0.29, 0.717) is 6.61 Å². The Morgan fingerprint density at radius 2 is 2.28 bits per heavy atom. The number of carbonyl (C=O) groups excluding carboxylic acids is 1. The number of hydrogen-bond acceptors (Lipinski definition) is 2. The summed E-state index contributed by atoms with van der Waals surface area (Å²) in [6.45, 7) is 3.48. The molecular weight excluding hydrogens is 228 g/mol. The standard InChI is InChI=1S/C14H20N2O2/c1-2-5-11-6-3-4-7-13(11)16-14(17)15-12-8-9-18-10-12/h3-4,6-7,12H,2,5,8-10H2,1H3,(H2,15,16,17). The molecule has 1 aromatic rings. The van der Waals surface area contributed by atoms with Gasteiger partial charge in [0.1, 0.15) is 0 Å². The summed E-state index contributed by atoms with van der Waals surface area (Å²) in [7, 11) is 0. The van der Waals surface area contributed by atoms with Crippen LogP contribution in [0.4, 0.5) is 10.5 Å². The summed E-state index contributed by atoms with van der Waals surface area (Å²) < 4.78 is 5.23. The van der Waals surface area contributed by atoms with Gasteiger partial charge < -0.3 is 15.4 Å². The van der Waals surface area contributed by atoms with Gasteiger partial charge in [0.15, 0.2) is 0 Å². The SMILES string of the molecule is CCCc1ccccc1NC(=O)NC1CCOC1. The predicted octanol–water partition coefficient (Wildman–Crippen LogP) is 2.55. The molecule has 1 heterocycles. The minimum Gasteiger partial charge on any atom is -0.379 e. The molecule has 4 heteroatoms. The number of ether oxygens (including phenoxy) is 1. The lowest BCUT2D eigenvalue weighted by molar-refractivity contribution is 0.189. The second kappa shape index (κ2) is 6.40. The lowest BCUT2D eigenvalue weighted by atomic mass is 10.1. The average Bonchev–Trinajstić information content (AvgIpc) is 2.84. The first-order valence-corrected chi connectivity index (χ1v) is 6.52. The summed E-state index contributed by atoms with van der Waals surface area (Å²) in [5.41, 5.74) is 2.08. The van der Waals surface area contributed by atoms with Crippen LogP contribution in [0, 0.1) is 0 Å². The van der Waals surface area contributed by atoms with E-state index in [1.165, 1.54) is 5.56 Å². The van der Waals surface area contributed by atoms with E-state index in [4.69, 9.17) is 4.74 Å². The number of hydrogen-bond donors (Lipinski definition) is 2. The maximum absolute atomic E-state index is 11.8. The quantitative estimate of drug-likeness (QED) is 0.860. The second-order valence-corrected chi connectivity index (χ2v) is 4.57. The first kappa shape index (κ1) is 12.9. The maximum Gasteiger partial charge on any atom is 0.319 e. The molecule has 1 atom stereocenters. The predicted molar refractivity (Wildman–Crippen MR) is 71.8 cm³/mol. The van der Waals surface area contributed by atoms with Crippen molar-refractivity contribution < 1.29 is 9.53 Å². The number of amides is 2. The number of rotatable bonds is 4. The summed E-state index contributed by atoms with van der Waals surface area (Å²) in [4.78, 5) is 11.8. The zero-order valence-corrected chi connectivity index (χ0v) is 10.7. The van der Waals surface area contributed by atoms with Crippen molar-refractivity contribution in [2.45, 2.75) is 32.2 Å². The third-order valence-corrected chi connectivity index (χ3v) is 3.05. The molecule has 0 aliphatic carbocycles. The Kier molecular flexibility index (Phi) is 4.59. The number of nitrogens with one attached hydrogen (secondary N) is 2. The van der Waals surface area contributed by atoms with Gasteiger partial charge in [-0.25, -0.2) is 4.79 Å². The van der Waals surface area contributed by atoms with Gasteiger partial charge in [-0.15, -0.1) is 0 Å². The first-order valence-electron chi connectivity index (χ1n) is 6.52. The number of para-hydroxylation sites is 1. The molecule has 0 aromatic heterocycles. The van der Waals surface area contributed by atoms with Crippen molar-refractivity contribution in [3.8, 4) is 0 Å². The number of carbonyl (C=O) groups is 1. The Morgan fingerprint density at radius 3 is 3.00 bits per heavy atom. The van der Waals surface area contributed by atoms with Crippen LogP contribution in [0.2, 0.25) is 0 Å². The van der Waals surface area contributed by atoms with Crippen LogP contribution >= 0.6 is 0 Å². The molecule has 1 aliphatic rings. The summed E-state index contributed by atoms with van der Waals surface area (Å²) in [6, 6.07) is 7.93. The van der Waals surface area contributed by atoms with Crippen molar-refractivity contribution in [3.05, 3.63) is 29.8 Å². The van der Waals surface area contributed by atoms with E-state index in [-0.39, 0.29) is 12.1 Å². The normalized spacial score (nSPS) is 18.6. The fourth-order valence-electron chi connectivity index (χ4n) is 2.12. The molecule has 0 spiro atoms. The summed E-state index contributed by atoms with van der Waals surface area (Å²) >= 11 is 0. The van der Waals surface area contributed by atoms with E-state index in [0.717, 1.165) is 31.6 Å². The highest BCUT2D eigenvalue weighted by Gasteiger charge is 2.17. The molecule has 1 aromatic carbocycles. The minimum atomic E-state index is -0.144. The van der Waals surface area contributed by atoms with Crippen molar-refractivity contribution in [1.29, 1.82) is 0 Å². The zero-order valence-electron chi connectivity index (χ0n) is 10.7. The molecule has 18 heavy (non-hydrogen) atoms. The van der Waals surface area contributed by atoms with Crippen molar-refractivity contribution in [2.24, 2.45) is 0 Å². The third kappa shape index (κ3) is 3.47. The minimum absolute atomic E-state index is 0.142. The number of benzene rings is 1. The Bertz CT molecular complexity index is 401. The largest absolute Gasteiger partial charge is 0.379 e. The highest BCUT2D eigenvalue weighted by atomic mass is 16.5. The summed E-state index contributed by atoms with van der Waals surface area (Å²) in [5, 5.41) is 5.84. The third-order valence-electron chi connectivity index (χ3n) is 3.05. The molecule has 0 bridgehead atoms. The molecule has 1 unspecified atom stereocenters. The Hall–Kier alpha value is -1.55. The van der Waals surface area contributed by atoms with Crippen molar-refractivity contribution in [1.82, 2.24) is 5.32 Å². The van der Waals surface area contributed by atoms with Crippen LogP contribution in [0.25, 0.3) is 0 Å². The van der Waals surface area contributed by atoms with Gasteiger partial charge in [0.2, 0.25) is 0 Å². The van der Waals surface area contributed by atoms with Crippen LogP contribution in [0.3, 0.4) is 0 Å². The molecule has 2 rings (SSSR count). The molecule has 2 amide bonds. The van der Waals surface area contributed by atoms with Crippen LogP contribution in [0.1, 0.15) is 25.3 Å². The fourth-order valence-corrected chi connectivity index (χ4v) is 2.12. The van der Waals surface area contributed by atoms with Gasteiger partial charge in [-0.05, 0) is 24.5 Å². The maximum atomic E-state index is 11.8. The smallest absolute Gasteiger partial charge is 0.319 e. The molecular formula is C14H20N2O2. The van der Waals surface area contributed by atoms with Crippen molar-refractivity contribution in [3.63, 3.8) is 0 Å². The van der Waals surface area contributed by atoms with E-state index in [2.05, 4.69) is 23.6 Å². The Labute approximate surface area is 108 Å². The topological polar surface area (TPSA) is 50.4 Å². The molecule has 4 nitrogen and oxygen atoms in total. The molecule has 0 saturated carbocycles. The monoisotopic (exact) mass is 248 g/mol. The van der Waals surface area contributed by atoms with Crippen LogP contribution in [-0.2, 0) is 11.2 Å². The van der Waals surface area contributed by atoms with Gasteiger partial charge in [0.05, 0.1) is 12.6 Å². The van der Waals surface area contributed by atoms with Gasteiger partial charge in [0.25, 0.3) is 0 Å². The number of anilines is 1. The van der Waals surface area contributed by atoms with E-state index in [9.17, 15) is 4.79 Å². The van der Waals surface area contributed by atoms with Gasteiger partial charge in [-0.1, -0.05) is 31.5 Å². The van der Waals surface area contributed by atoms with E-state index in [1.807, 2.05) is 18.2 Å². The summed E-state index contributed by atoms with van der Waals surface area (Å²) in [5.74, 6) is 0. The van der Waals surface area contributed by atoms with Gasteiger partial charge in [0, 0.05) is 12.3 Å². The van der Waals surface area contributed by atoms with Crippen LogP contribution in [-0.4, -0.2) is 25.3 Å². The van der Waals surface area contributed by atoms with Gasteiger partial charge in [-0.2, -0.15) is 0 Å². The molecule has 1 fully saturated rings. The van der Waals surface area contributed by atoms with Crippen LogP contribution < -0.4 is 10.6 Å². The number of urea groups is 1. The molecule has 98 valence electrons. The number of aryl methyl sites for hydroxylation is 1. The van der Waals surface area contributed by atoms with E-state index in [1.54, 1.807) is 0 Å². The molecule has 0 radical (unpaired) electrons. The highest BCUT2D eigenvalue weighted by Crippen LogP contribution is 2.16. The van der Waals surface area contributed by atoms with Gasteiger partial charge in [-0.3, -0.25) is 0 Å². The van der Waals surface area contributed by atoms with E-state index < -0.39 is 0 Å². The lowest BCUT2D eigenvalue weighted by Gasteiger charge is -2.14. The molecule has 1 aliphatic heterocycles. The zero-order chi connectivity index (χ0) is 12.8. The fraction of sp³-hybridized carbons (Fsp3) is 0.500. The second-order valence-electron chi connectivity index (χ2n) is 4.57.